The molecule has 1 N–H and O–H groups in total. The molecular formula is C11H8F3NO4. The Morgan fingerprint density at radius 2 is 2.11 bits per heavy atom. The number of nitrogens with zero attached hydrogens (tertiary/aromatic N) is 1. The minimum absolute atomic E-state index is 0.0644. The van der Waals surface area contributed by atoms with E-state index in [1.807, 2.05) is 0 Å². The predicted octanol–water partition coefficient (Wildman–Crippen LogP) is 2.34. The van der Waals surface area contributed by atoms with E-state index in [9.17, 15) is 23.1 Å². The lowest BCUT2D eigenvalue weighted by molar-refractivity contribution is -0.275. The van der Waals surface area contributed by atoms with Crippen LogP contribution >= 0.6 is 0 Å². The Bertz CT molecular complexity index is 534. The van der Waals surface area contributed by atoms with Crippen molar-refractivity contribution in [2.45, 2.75) is 13.3 Å². The summed E-state index contributed by atoms with van der Waals surface area (Å²) < 4.78 is 44.8. The number of aromatic hydroxyl groups is 1. The third kappa shape index (κ3) is 3.51. The van der Waals surface area contributed by atoms with Crippen molar-refractivity contribution >= 4 is 5.97 Å². The maximum absolute atomic E-state index is 12.2. The first-order valence-corrected chi connectivity index (χ1v) is 4.99. The van der Waals surface area contributed by atoms with Gasteiger partial charge in [0.25, 0.3) is 0 Å². The molecule has 0 aliphatic rings. The number of alkyl halides is 3. The summed E-state index contributed by atoms with van der Waals surface area (Å²) in [5, 5.41) is 18.1. The fraction of sp³-hybridized carbons (Fsp3) is 0.273. The molecule has 1 rings (SSSR count). The maximum Gasteiger partial charge on any atom is 0.573 e. The van der Waals surface area contributed by atoms with Crippen molar-refractivity contribution < 1.29 is 32.5 Å². The minimum Gasteiger partial charge on any atom is -0.503 e. The van der Waals surface area contributed by atoms with Gasteiger partial charge in [0.1, 0.15) is 11.6 Å². The van der Waals surface area contributed by atoms with Crippen LogP contribution in [-0.4, -0.2) is 24.0 Å². The van der Waals surface area contributed by atoms with Crippen LogP contribution in [0.3, 0.4) is 0 Å². The van der Waals surface area contributed by atoms with Crippen LogP contribution in [-0.2, 0) is 4.74 Å². The van der Waals surface area contributed by atoms with Crippen molar-refractivity contribution in [3.63, 3.8) is 0 Å². The van der Waals surface area contributed by atoms with Crippen LogP contribution in [0.25, 0.3) is 0 Å². The molecule has 0 atom stereocenters. The second kappa shape index (κ2) is 5.48. The summed E-state index contributed by atoms with van der Waals surface area (Å²) in [7, 11) is 0. The van der Waals surface area contributed by atoms with Crippen molar-refractivity contribution in [2.75, 3.05) is 6.61 Å². The molecule has 0 amide bonds. The molecule has 0 bridgehead atoms. The lowest BCUT2D eigenvalue weighted by Crippen LogP contribution is -2.20. The highest BCUT2D eigenvalue weighted by Crippen LogP contribution is 2.37. The summed E-state index contributed by atoms with van der Waals surface area (Å²) in [6.45, 7) is 1.40. The molecular weight excluding hydrogens is 267 g/mol. The van der Waals surface area contributed by atoms with Crippen LogP contribution in [0.4, 0.5) is 13.2 Å². The molecule has 102 valence electrons. The van der Waals surface area contributed by atoms with E-state index < -0.39 is 35.0 Å². The number of nitriles is 1. The first-order chi connectivity index (χ1) is 8.80. The Balaban J connectivity index is 3.35. The molecule has 0 saturated heterocycles. The summed E-state index contributed by atoms with van der Waals surface area (Å²) in [4.78, 5) is 11.4. The number of phenols is 1. The van der Waals surface area contributed by atoms with Gasteiger partial charge in [-0.3, -0.25) is 0 Å². The molecule has 0 aliphatic heterocycles. The first kappa shape index (κ1) is 14.6. The van der Waals surface area contributed by atoms with Gasteiger partial charge in [-0.2, -0.15) is 5.26 Å². The quantitative estimate of drug-likeness (QED) is 0.856. The van der Waals surface area contributed by atoms with Gasteiger partial charge in [-0.25, -0.2) is 4.79 Å². The lowest BCUT2D eigenvalue weighted by Gasteiger charge is -2.14. The van der Waals surface area contributed by atoms with E-state index >= 15 is 0 Å². The first-order valence-electron chi connectivity index (χ1n) is 4.99. The molecule has 0 unspecified atom stereocenters. The monoisotopic (exact) mass is 275 g/mol. The number of hydrogen-bond donors (Lipinski definition) is 1. The third-order valence-electron chi connectivity index (χ3n) is 1.97. The number of carbonyl (C=O) groups is 1. The van der Waals surface area contributed by atoms with Crippen molar-refractivity contribution in [3.05, 3.63) is 23.3 Å². The van der Waals surface area contributed by atoms with Crippen molar-refractivity contribution in [3.8, 4) is 17.6 Å². The molecule has 19 heavy (non-hydrogen) atoms. The van der Waals surface area contributed by atoms with E-state index in [0.29, 0.717) is 0 Å². The zero-order valence-electron chi connectivity index (χ0n) is 9.61. The van der Waals surface area contributed by atoms with E-state index in [4.69, 9.17) is 5.26 Å². The van der Waals surface area contributed by atoms with Crippen LogP contribution in [0.5, 0.6) is 11.5 Å². The van der Waals surface area contributed by atoms with Crippen molar-refractivity contribution in [2.24, 2.45) is 0 Å². The number of esters is 1. The van der Waals surface area contributed by atoms with Crippen LogP contribution < -0.4 is 4.74 Å². The molecule has 0 aromatic heterocycles. The summed E-state index contributed by atoms with van der Waals surface area (Å²) in [5.41, 5.74) is -1.07. The minimum atomic E-state index is -5.12. The van der Waals surface area contributed by atoms with Crippen LogP contribution in [0, 0.1) is 11.3 Å². The van der Waals surface area contributed by atoms with Crippen molar-refractivity contribution in [1.82, 2.24) is 0 Å². The van der Waals surface area contributed by atoms with Gasteiger partial charge in [-0.15, -0.1) is 13.2 Å². The Morgan fingerprint density at radius 3 is 2.58 bits per heavy atom. The fourth-order valence-corrected chi connectivity index (χ4v) is 1.25. The van der Waals surface area contributed by atoms with Gasteiger partial charge in [-0.05, 0) is 19.1 Å². The summed E-state index contributed by atoms with van der Waals surface area (Å²) in [6, 6.07) is 3.38. The molecule has 0 spiro atoms. The van der Waals surface area contributed by atoms with Gasteiger partial charge in [0.2, 0.25) is 0 Å². The summed E-state index contributed by atoms with van der Waals surface area (Å²) in [6.07, 6.45) is -5.12. The van der Waals surface area contributed by atoms with Crippen LogP contribution in [0.1, 0.15) is 22.8 Å². The Labute approximate surface area is 105 Å². The topological polar surface area (TPSA) is 79.6 Å². The Hall–Kier alpha value is -2.43. The van der Waals surface area contributed by atoms with Gasteiger partial charge in [0.05, 0.1) is 12.2 Å². The second-order valence-electron chi connectivity index (χ2n) is 3.22. The molecule has 0 fully saturated rings. The number of halogens is 3. The number of ether oxygens (including phenoxy) is 2. The number of rotatable bonds is 3. The van der Waals surface area contributed by atoms with Crippen LogP contribution in [0.2, 0.25) is 0 Å². The summed E-state index contributed by atoms with van der Waals surface area (Å²) in [5.74, 6) is -3.31. The molecule has 0 saturated carbocycles. The highest BCUT2D eigenvalue weighted by atomic mass is 19.4. The molecule has 8 heteroatoms. The number of hydrogen-bond acceptors (Lipinski definition) is 5. The largest absolute Gasteiger partial charge is 0.573 e. The van der Waals surface area contributed by atoms with Gasteiger partial charge >= 0.3 is 12.3 Å². The van der Waals surface area contributed by atoms with E-state index in [1.165, 1.54) is 13.0 Å². The second-order valence-corrected chi connectivity index (χ2v) is 3.22. The van der Waals surface area contributed by atoms with Crippen LogP contribution in [0.15, 0.2) is 12.1 Å². The summed E-state index contributed by atoms with van der Waals surface area (Å²) >= 11 is 0. The predicted molar refractivity (Wildman–Crippen MR) is 55.5 cm³/mol. The van der Waals surface area contributed by atoms with E-state index in [1.54, 1.807) is 0 Å². The standard InChI is InChI=1S/C11H8F3NO4/c1-2-18-10(17)7-4-3-6(5-15)8(16)9(7)19-11(12,13)14/h3-4,16H,2H2,1H3. The Kier molecular flexibility index (Phi) is 4.22. The third-order valence-corrected chi connectivity index (χ3v) is 1.97. The zero-order chi connectivity index (χ0) is 14.6. The fourth-order valence-electron chi connectivity index (χ4n) is 1.25. The highest BCUT2D eigenvalue weighted by Gasteiger charge is 2.35. The van der Waals surface area contributed by atoms with E-state index in [2.05, 4.69) is 9.47 Å². The number of phenolic OH excluding ortho intramolecular Hbond substituents is 1. The Morgan fingerprint density at radius 1 is 1.47 bits per heavy atom. The SMILES string of the molecule is CCOC(=O)c1ccc(C#N)c(O)c1OC(F)(F)F. The average molecular weight is 275 g/mol. The molecule has 5 nitrogen and oxygen atoms in total. The average Bonchev–Trinajstić information content (AvgIpc) is 2.30. The van der Waals surface area contributed by atoms with Gasteiger partial charge < -0.3 is 14.6 Å². The van der Waals surface area contributed by atoms with E-state index in [0.717, 1.165) is 12.1 Å². The van der Waals surface area contributed by atoms with Crippen molar-refractivity contribution in [1.29, 1.82) is 5.26 Å². The van der Waals surface area contributed by atoms with Gasteiger partial charge in [0, 0.05) is 0 Å². The molecule has 1 aromatic rings. The molecule has 0 radical (unpaired) electrons. The molecule has 0 aliphatic carbocycles. The molecule has 0 heterocycles. The lowest BCUT2D eigenvalue weighted by atomic mass is 10.1. The van der Waals surface area contributed by atoms with E-state index in [-0.39, 0.29) is 6.61 Å². The zero-order valence-corrected chi connectivity index (χ0v) is 9.61. The maximum atomic E-state index is 12.2. The number of benzene rings is 1. The highest BCUT2D eigenvalue weighted by molar-refractivity contribution is 5.94. The normalized spacial score (nSPS) is 10.7. The number of carbonyl (C=O) groups excluding carboxylic acids is 1. The van der Waals surface area contributed by atoms with Gasteiger partial charge in [0.15, 0.2) is 11.5 Å². The smallest absolute Gasteiger partial charge is 0.503 e. The molecule has 1 aromatic carbocycles. The van der Waals surface area contributed by atoms with Gasteiger partial charge in [-0.1, -0.05) is 0 Å².